The second-order valence-corrected chi connectivity index (χ2v) is 8.66. The molecule has 1 fully saturated rings. The average molecular weight is 460 g/mol. The molecule has 0 atom stereocenters. The summed E-state index contributed by atoms with van der Waals surface area (Å²) in [5.74, 6) is 1.13. The number of nitrogen functional groups attached to an aromatic ring is 1. The van der Waals surface area contributed by atoms with E-state index < -0.39 is 0 Å². The van der Waals surface area contributed by atoms with E-state index in [2.05, 4.69) is 38.4 Å². The highest BCUT2D eigenvalue weighted by molar-refractivity contribution is 7.13. The first-order valence-electron chi connectivity index (χ1n) is 10.5. The predicted octanol–water partition coefficient (Wildman–Crippen LogP) is 3.97. The van der Waals surface area contributed by atoms with Crippen molar-refractivity contribution < 1.29 is 4.79 Å². The van der Waals surface area contributed by atoms with Gasteiger partial charge in [0.05, 0.1) is 10.3 Å². The van der Waals surface area contributed by atoms with Gasteiger partial charge in [-0.25, -0.2) is 0 Å². The van der Waals surface area contributed by atoms with Crippen molar-refractivity contribution in [3.63, 3.8) is 0 Å². The molecule has 0 spiro atoms. The first-order valence-corrected chi connectivity index (χ1v) is 11.3. The molecule has 2 aromatic carbocycles. The van der Waals surface area contributed by atoms with Crippen LogP contribution in [0.4, 0.5) is 11.5 Å². The Morgan fingerprint density at radius 3 is 2.55 bits per heavy atom. The molecule has 1 amide bonds. The number of nitrogens with two attached hydrogens (primary N) is 1. The number of hydrogen-bond acceptors (Lipinski definition) is 6. The molecule has 6 nitrogen and oxygen atoms in total. The van der Waals surface area contributed by atoms with Crippen LogP contribution >= 0.6 is 23.9 Å². The van der Waals surface area contributed by atoms with Gasteiger partial charge in [0.2, 0.25) is 0 Å². The number of hydrogen-bond donors (Lipinski definition) is 1. The van der Waals surface area contributed by atoms with Crippen molar-refractivity contribution in [1.82, 2.24) is 14.2 Å². The molecular weight excluding hydrogens is 430 g/mol. The van der Waals surface area contributed by atoms with Gasteiger partial charge in [0.1, 0.15) is 5.82 Å². The van der Waals surface area contributed by atoms with Crippen LogP contribution in [0.5, 0.6) is 0 Å². The quantitative estimate of drug-likeness (QED) is 0.427. The van der Waals surface area contributed by atoms with Crippen molar-refractivity contribution in [2.75, 3.05) is 56.9 Å². The monoisotopic (exact) mass is 459 g/mol. The van der Waals surface area contributed by atoms with E-state index in [-0.39, 0.29) is 18.3 Å². The van der Waals surface area contributed by atoms with Gasteiger partial charge in [-0.05, 0) is 55.2 Å². The van der Waals surface area contributed by atoms with Crippen molar-refractivity contribution in [3.05, 3.63) is 54.1 Å². The third-order valence-corrected chi connectivity index (χ3v) is 6.60. The first-order chi connectivity index (χ1) is 14.6. The molecular formula is C23H30ClN5OS. The van der Waals surface area contributed by atoms with E-state index in [1.54, 1.807) is 28.6 Å². The van der Waals surface area contributed by atoms with E-state index in [1.807, 2.05) is 19.2 Å². The summed E-state index contributed by atoms with van der Waals surface area (Å²) in [5.41, 5.74) is 7.06. The number of benzene rings is 2. The number of aromatic nitrogens is 1. The van der Waals surface area contributed by atoms with Crippen molar-refractivity contribution in [2.45, 2.75) is 12.8 Å². The predicted molar refractivity (Wildman–Crippen MR) is 133 cm³/mol. The minimum absolute atomic E-state index is 0. The van der Waals surface area contributed by atoms with E-state index in [4.69, 9.17) is 5.73 Å². The van der Waals surface area contributed by atoms with Gasteiger partial charge in [0.15, 0.2) is 0 Å². The van der Waals surface area contributed by atoms with Gasteiger partial charge >= 0.3 is 0 Å². The van der Waals surface area contributed by atoms with Gasteiger partial charge in [-0.15, -0.1) is 12.4 Å². The number of rotatable bonds is 7. The number of carbonyl (C=O) groups is 1. The van der Waals surface area contributed by atoms with Crippen LogP contribution in [0.15, 0.2) is 48.5 Å². The molecule has 0 radical (unpaired) electrons. The second-order valence-electron chi connectivity index (χ2n) is 7.85. The molecule has 0 bridgehead atoms. The van der Waals surface area contributed by atoms with Gasteiger partial charge in [0, 0.05) is 50.8 Å². The lowest BCUT2D eigenvalue weighted by Gasteiger charge is -2.35. The van der Waals surface area contributed by atoms with Crippen molar-refractivity contribution in [2.24, 2.45) is 0 Å². The van der Waals surface area contributed by atoms with Crippen LogP contribution < -0.4 is 10.6 Å². The number of fused-ring (bicyclic) bond motifs is 1. The van der Waals surface area contributed by atoms with Gasteiger partial charge in [-0.2, -0.15) is 4.37 Å². The number of carbonyl (C=O) groups excluding carboxylic acids is 1. The van der Waals surface area contributed by atoms with Crippen molar-refractivity contribution in [3.8, 4) is 0 Å². The minimum atomic E-state index is -0.00259. The standard InChI is InChI=1S/C23H29N5OS.ClH/c1-26(23(29)18-8-2-4-10-20(18)24)12-6-7-13-27-14-16-28(17-15-27)22-19-9-3-5-11-21(19)30-25-22;/h2-5,8-11H,6-7,12-17,24H2,1H3;1H. The van der Waals surface area contributed by atoms with Crippen molar-refractivity contribution in [1.29, 1.82) is 0 Å². The lowest BCUT2D eigenvalue weighted by molar-refractivity contribution is 0.0792. The Bertz CT molecular complexity index is 1000. The zero-order chi connectivity index (χ0) is 20.9. The SMILES string of the molecule is CN(CCCCN1CCN(c2nsc3ccccc23)CC1)C(=O)c1ccccc1N.Cl. The zero-order valence-electron chi connectivity index (χ0n) is 17.9. The topological polar surface area (TPSA) is 65.7 Å². The van der Waals surface area contributed by atoms with Gasteiger partial charge in [-0.1, -0.05) is 24.3 Å². The Labute approximate surface area is 194 Å². The molecule has 0 aliphatic carbocycles. The van der Waals surface area contributed by atoms with Crippen LogP contribution in [-0.2, 0) is 0 Å². The maximum atomic E-state index is 12.5. The highest BCUT2D eigenvalue weighted by atomic mass is 35.5. The number of nitrogens with zero attached hydrogens (tertiary/aromatic N) is 4. The highest BCUT2D eigenvalue weighted by Crippen LogP contribution is 2.29. The van der Waals surface area contributed by atoms with E-state index in [0.717, 1.165) is 57.9 Å². The largest absolute Gasteiger partial charge is 0.398 e. The fourth-order valence-corrected chi connectivity index (χ4v) is 4.76. The third-order valence-electron chi connectivity index (χ3n) is 5.79. The number of piperazine rings is 1. The van der Waals surface area contributed by atoms with Crippen LogP contribution in [0.1, 0.15) is 23.2 Å². The van der Waals surface area contributed by atoms with E-state index >= 15 is 0 Å². The molecule has 1 aliphatic heterocycles. The normalized spacial score (nSPS) is 14.4. The van der Waals surface area contributed by atoms with E-state index in [1.165, 1.54) is 10.1 Å². The Balaban J connectivity index is 0.00000272. The maximum absolute atomic E-state index is 12.5. The Hall–Kier alpha value is -2.35. The third kappa shape index (κ3) is 5.47. The smallest absolute Gasteiger partial charge is 0.255 e. The molecule has 0 unspecified atom stereocenters. The van der Waals surface area contributed by atoms with Crippen LogP contribution in [0.2, 0.25) is 0 Å². The molecule has 1 saturated heterocycles. The Morgan fingerprint density at radius 2 is 1.77 bits per heavy atom. The molecule has 31 heavy (non-hydrogen) atoms. The molecule has 4 rings (SSSR count). The van der Waals surface area contributed by atoms with Crippen LogP contribution in [0, 0.1) is 0 Å². The number of para-hydroxylation sites is 1. The van der Waals surface area contributed by atoms with Crippen LogP contribution in [0.3, 0.4) is 0 Å². The number of anilines is 2. The summed E-state index contributed by atoms with van der Waals surface area (Å²) in [6.07, 6.45) is 2.08. The number of amides is 1. The summed E-state index contributed by atoms with van der Waals surface area (Å²) < 4.78 is 5.94. The highest BCUT2D eigenvalue weighted by Gasteiger charge is 2.20. The number of unbranched alkanes of at least 4 members (excludes halogenated alkanes) is 1. The molecule has 3 aromatic rings. The summed E-state index contributed by atoms with van der Waals surface area (Å²) >= 11 is 1.58. The zero-order valence-corrected chi connectivity index (χ0v) is 19.5. The molecule has 2 N–H and O–H groups in total. The molecule has 0 saturated carbocycles. The fourth-order valence-electron chi connectivity index (χ4n) is 3.97. The number of halogens is 1. The van der Waals surface area contributed by atoms with Crippen molar-refractivity contribution >= 4 is 51.4 Å². The summed E-state index contributed by atoms with van der Waals surface area (Å²) in [7, 11) is 1.85. The molecule has 8 heteroatoms. The first kappa shape index (κ1) is 23.3. The minimum Gasteiger partial charge on any atom is -0.398 e. The van der Waals surface area contributed by atoms with E-state index in [0.29, 0.717) is 11.3 Å². The molecule has 166 valence electrons. The molecule has 1 aromatic heterocycles. The summed E-state index contributed by atoms with van der Waals surface area (Å²) in [5, 5.41) is 1.27. The maximum Gasteiger partial charge on any atom is 0.255 e. The van der Waals surface area contributed by atoms with Gasteiger partial charge in [-0.3, -0.25) is 9.69 Å². The lowest BCUT2D eigenvalue weighted by Crippen LogP contribution is -2.46. The Morgan fingerprint density at radius 1 is 1.06 bits per heavy atom. The van der Waals surface area contributed by atoms with Gasteiger partial charge in [0.25, 0.3) is 5.91 Å². The lowest BCUT2D eigenvalue weighted by atomic mass is 10.1. The Kier molecular flexibility index (Phi) is 8.12. The van der Waals surface area contributed by atoms with Crippen LogP contribution in [0.25, 0.3) is 10.1 Å². The van der Waals surface area contributed by atoms with Gasteiger partial charge < -0.3 is 15.5 Å². The summed E-state index contributed by atoms with van der Waals surface area (Å²) in [6, 6.07) is 15.7. The molecule has 2 heterocycles. The van der Waals surface area contributed by atoms with Crippen LogP contribution in [-0.4, -0.2) is 66.4 Å². The second kappa shape index (κ2) is 10.8. The average Bonchev–Trinajstić information content (AvgIpc) is 3.21. The van der Waals surface area contributed by atoms with E-state index in [9.17, 15) is 4.79 Å². The fraction of sp³-hybridized carbons (Fsp3) is 0.391. The summed E-state index contributed by atoms with van der Waals surface area (Å²) in [6.45, 7) is 5.96. The molecule has 1 aliphatic rings. The summed E-state index contributed by atoms with van der Waals surface area (Å²) in [4.78, 5) is 19.2.